The number of hydrogen-bond donors (Lipinski definition) is 2. The summed E-state index contributed by atoms with van der Waals surface area (Å²) in [7, 11) is 0. The highest BCUT2D eigenvalue weighted by Gasteiger charge is 2.17. The second kappa shape index (κ2) is 7.24. The number of amides is 1. The SMILES string of the molecule is CCC(CN)NC(=O)C(C)Oc1cccc(Cl)c1. The molecule has 0 heterocycles. The largest absolute Gasteiger partial charge is 0.481 e. The van der Waals surface area contributed by atoms with Crippen molar-refractivity contribution in [2.24, 2.45) is 5.73 Å². The molecule has 100 valence electrons. The molecule has 0 saturated carbocycles. The summed E-state index contributed by atoms with van der Waals surface area (Å²) in [6, 6.07) is 6.95. The second-order valence-electron chi connectivity index (χ2n) is 4.07. The van der Waals surface area contributed by atoms with Gasteiger partial charge in [-0.3, -0.25) is 4.79 Å². The number of carbonyl (C=O) groups excluding carboxylic acids is 1. The zero-order chi connectivity index (χ0) is 13.5. The predicted molar refractivity (Wildman–Crippen MR) is 72.8 cm³/mol. The Hall–Kier alpha value is -1.26. The quantitative estimate of drug-likeness (QED) is 0.831. The minimum atomic E-state index is -0.580. The van der Waals surface area contributed by atoms with Crippen molar-refractivity contribution in [3.05, 3.63) is 29.3 Å². The van der Waals surface area contributed by atoms with Crippen molar-refractivity contribution in [1.29, 1.82) is 0 Å². The third-order valence-corrected chi connectivity index (χ3v) is 2.84. The molecule has 0 bridgehead atoms. The predicted octanol–water partition coefficient (Wildman–Crippen LogP) is 1.96. The molecule has 3 N–H and O–H groups in total. The van der Waals surface area contributed by atoms with Gasteiger partial charge in [-0.15, -0.1) is 0 Å². The van der Waals surface area contributed by atoms with Gasteiger partial charge in [0.1, 0.15) is 5.75 Å². The van der Waals surface area contributed by atoms with Crippen LogP contribution in [0, 0.1) is 0 Å². The van der Waals surface area contributed by atoms with Crippen molar-refractivity contribution < 1.29 is 9.53 Å². The fraction of sp³-hybridized carbons (Fsp3) is 0.462. The third-order valence-electron chi connectivity index (χ3n) is 2.60. The van der Waals surface area contributed by atoms with Crippen molar-refractivity contribution in [2.45, 2.75) is 32.4 Å². The van der Waals surface area contributed by atoms with Crippen LogP contribution >= 0.6 is 11.6 Å². The molecule has 0 saturated heterocycles. The van der Waals surface area contributed by atoms with Crippen LogP contribution in [0.5, 0.6) is 5.75 Å². The molecule has 1 rings (SSSR count). The normalized spacial score (nSPS) is 13.8. The van der Waals surface area contributed by atoms with Crippen LogP contribution in [0.15, 0.2) is 24.3 Å². The van der Waals surface area contributed by atoms with Crippen LogP contribution in [0.1, 0.15) is 20.3 Å². The minimum Gasteiger partial charge on any atom is -0.481 e. The van der Waals surface area contributed by atoms with Crippen LogP contribution in [0.25, 0.3) is 0 Å². The van der Waals surface area contributed by atoms with Gasteiger partial charge in [0, 0.05) is 17.6 Å². The first-order chi connectivity index (χ1) is 8.56. The number of nitrogens with one attached hydrogen (secondary N) is 1. The summed E-state index contributed by atoms with van der Waals surface area (Å²) in [5.74, 6) is 0.401. The van der Waals surface area contributed by atoms with Gasteiger partial charge in [-0.25, -0.2) is 0 Å². The van der Waals surface area contributed by atoms with Gasteiger partial charge in [0.25, 0.3) is 5.91 Å². The van der Waals surface area contributed by atoms with Gasteiger partial charge in [-0.2, -0.15) is 0 Å². The van der Waals surface area contributed by atoms with Crippen LogP contribution in [-0.4, -0.2) is 24.6 Å². The standard InChI is InChI=1S/C13H19ClN2O2/c1-3-11(8-15)16-13(17)9(2)18-12-6-4-5-10(14)7-12/h4-7,9,11H,3,8,15H2,1-2H3,(H,16,17). The lowest BCUT2D eigenvalue weighted by atomic mass is 10.2. The fourth-order valence-corrected chi connectivity index (χ4v) is 1.62. The summed E-state index contributed by atoms with van der Waals surface area (Å²) in [5, 5.41) is 3.41. The van der Waals surface area contributed by atoms with Crippen molar-refractivity contribution in [3.8, 4) is 5.75 Å². The lowest BCUT2D eigenvalue weighted by Gasteiger charge is -2.19. The Kier molecular flexibility index (Phi) is 5.95. The summed E-state index contributed by atoms with van der Waals surface area (Å²) >= 11 is 5.84. The van der Waals surface area contributed by atoms with E-state index in [4.69, 9.17) is 22.1 Å². The van der Waals surface area contributed by atoms with E-state index in [1.54, 1.807) is 31.2 Å². The number of carbonyl (C=O) groups is 1. The molecule has 1 aromatic carbocycles. The molecule has 0 fully saturated rings. The van der Waals surface area contributed by atoms with Gasteiger partial charge in [0.2, 0.25) is 0 Å². The molecule has 0 aliphatic rings. The smallest absolute Gasteiger partial charge is 0.261 e. The maximum atomic E-state index is 11.8. The van der Waals surface area contributed by atoms with Crippen molar-refractivity contribution >= 4 is 17.5 Å². The molecule has 1 amide bonds. The summed E-state index contributed by atoms with van der Waals surface area (Å²) < 4.78 is 5.51. The molecule has 5 heteroatoms. The first-order valence-electron chi connectivity index (χ1n) is 5.99. The van der Waals surface area contributed by atoms with Crippen LogP contribution in [-0.2, 0) is 4.79 Å². The lowest BCUT2D eigenvalue weighted by Crippen LogP contribution is -2.45. The molecule has 2 atom stereocenters. The Bertz CT molecular complexity index is 394. The Morgan fingerprint density at radius 2 is 2.28 bits per heavy atom. The van der Waals surface area contributed by atoms with E-state index in [1.807, 2.05) is 6.92 Å². The maximum absolute atomic E-state index is 11.8. The molecule has 0 aromatic heterocycles. The number of ether oxygens (including phenoxy) is 1. The van der Waals surface area contributed by atoms with Crippen molar-refractivity contribution in [2.75, 3.05) is 6.54 Å². The van der Waals surface area contributed by atoms with E-state index in [0.717, 1.165) is 6.42 Å². The summed E-state index contributed by atoms with van der Waals surface area (Å²) in [5.41, 5.74) is 5.53. The van der Waals surface area contributed by atoms with Gasteiger partial charge in [-0.1, -0.05) is 24.6 Å². The van der Waals surface area contributed by atoms with E-state index in [2.05, 4.69) is 5.32 Å². The zero-order valence-corrected chi connectivity index (χ0v) is 11.4. The monoisotopic (exact) mass is 270 g/mol. The van der Waals surface area contributed by atoms with Gasteiger partial charge < -0.3 is 15.8 Å². The zero-order valence-electron chi connectivity index (χ0n) is 10.7. The van der Waals surface area contributed by atoms with E-state index < -0.39 is 6.10 Å². The highest BCUT2D eigenvalue weighted by Crippen LogP contribution is 2.18. The van der Waals surface area contributed by atoms with E-state index >= 15 is 0 Å². The van der Waals surface area contributed by atoms with Gasteiger partial charge in [-0.05, 0) is 31.5 Å². The molecule has 0 aliphatic heterocycles. The van der Waals surface area contributed by atoms with Crippen molar-refractivity contribution in [3.63, 3.8) is 0 Å². The molecule has 4 nitrogen and oxygen atoms in total. The Balaban J connectivity index is 2.54. The molecule has 2 unspecified atom stereocenters. The number of benzene rings is 1. The first-order valence-corrected chi connectivity index (χ1v) is 6.37. The molecular formula is C13H19ClN2O2. The van der Waals surface area contributed by atoms with Crippen LogP contribution in [0.4, 0.5) is 0 Å². The summed E-state index contributed by atoms with van der Waals surface area (Å²) in [4.78, 5) is 11.8. The van der Waals surface area contributed by atoms with Crippen LogP contribution in [0.3, 0.4) is 0 Å². The van der Waals surface area contributed by atoms with Crippen LogP contribution < -0.4 is 15.8 Å². The van der Waals surface area contributed by atoms with Gasteiger partial charge in [0.15, 0.2) is 6.10 Å². The topological polar surface area (TPSA) is 64.3 Å². The van der Waals surface area contributed by atoms with Gasteiger partial charge in [0.05, 0.1) is 0 Å². The second-order valence-corrected chi connectivity index (χ2v) is 4.50. The minimum absolute atomic E-state index is 0.0112. The van der Waals surface area contributed by atoms with Crippen molar-refractivity contribution in [1.82, 2.24) is 5.32 Å². The average Bonchev–Trinajstić information content (AvgIpc) is 2.35. The fourth-order valence-electron chi connectivity index (χ4n) is 1.44. The number of halogens is 1. The maximum Gasteiger partial charge on any atom is 0.261 e. The molecule has 18 heavy (non-hydrogen) atoms. The molecule has 0 radical (unpaired) electrons. The number of rotatable bonds is 6. The Morgan fingerprint density at radius 1 is 1.56 bits per heavy atom. The Labute approximate surface area is 112 Å². The number of nitrogens with two attached hydrogens (primary N) is 1. The van der Waals surface area contributed by atoms with Gasteiger partial charge >= 0.3 is 0 Å². The van der Waals surface area contributed by atoms with E-state index in [1.165, 1.54) is 0 Å². The molecule has 1 aromatic rings. The summed E-state index contributed by atoms with van der Waals surface area (Å²) in [6.07, 6.45) is 0.218. The van der Waals surface area contributed by atoms with E-state index in [-0.39, 0.29) is 11.9 Å². The first kappa shape index (κ1) is 14.8. The summed E-state index contributed by atoms with van der Waals surface area (Å²) in [6.45, 7) is 4.09. The molecule has 0 spiro atoms. The Morgan fingerprint density at radius 3 is 2.83 bits per heavy atom. The highest BCUT2D eigenvalue weighted by atomic mass is 35.5. The highest BCUT2D eigenvalue weighted by molar-refractivity contribution is 6.30. The lowest BCUT2D eigenvalue weighted by molar-refractivity contribution is -0.127. The van der Waals surface area contributed by atoms with E-state index in [9.17, 15) is 4.79 Å². The molecular weight excluding hydrogens is 252 g/mol. The third kappa shape index (κ3) is 4.55. The number of hydrogen-bond acceptors (Lipinski definition) is 3. The van der Waals surface area contributed by atoms with Crippen LogP contribution in [0.2, 0.25) is 5.02 Å². The van der Waals surface area contributed by atoms with E-state index in [0.29, 0.717) is 17.3 Å². The average molecular weight is 271 g/mol. The molecule has 0 aliphatic carbocycles.